The van der Waals surface area contributed by atoms with Crippen LogP contribution in [0.15, 0.2) is 29.3 Å². The molecule has 0 N–H and O–H groups in total. The van der Waals surface area contributed by atoms with Gasteiger partial charge in [-0.2, -0.15) is 0 Å². The Labute approximate surface area is 170 Å². The molecule has 0 aliphatic carbocycles. The van der Waals surface area contributed by atoms with E-state index in [2.05, 4.69) is 31.8 Å². The summed E-state index contributed by atoms with van der Waals surface area (Å²) in [7, 11) is 0. The number of nitrogens with zero attached hydrogens (tertiary/aromatic N) is 1. The molecule has 2 aromatic rings. The van der Waals surface area contributed by atoms with Crippen molar-refractivity contribution in [1.29, 1.82) is 0 Å². The average Bonchev–Trinajstić information content (AvgIpc) is 2.60. The van der Waals surface area contributed by atoms with E-state index in [1.165, 1.54) is 0 Å². The molecule has 2 unspecified atom stereocenters. The monoisotopic (exact) mass is 409 g/mol. The van der Waals surface area contributed by atoms with E-state index in [0.29, 0.717) is 11.6 Å². The Balaban J connectivity index is 1.75. The van der Waals surface area contributed by atoms with E-state index in [1.807, 2.05) is 19.1 Å². The standard InChI is InChI=1S/C21H28ClNO3S/c1-14(26-20-7-5-6-10-24-20)13-25-18-12-17-15(16(22)8-9-23-17)11-19(18)27-21(2,3)4/h8-9,11-12,14,20H,5-7,10,13H2,1-4H3. The van der Waals surface area contributed by atoms with E-state index in [1.54, 1.807) is 18.0 Å². The molecule has 1 aliphatic rings. The predicted octanol–water partition coefficient (Wildman–Crippen LogP) is 6.09. The zero-order chi connectivity index (χ0) is 19.4. The van der Waals surface area contributed by atoms with Crippen molar-refractivity contribution in [3.05, 3.63) is 29.4 Å². The number of hydrogen-bond donors (Lipinski definition) is 0. The van der Waals surface area contributed by atoms with E-state index in [9.17, 15) is 0 Å². The van der Waals surface area contributed by atoms with Crippen molar-refractivity contribution in [3.8, 4) is 5.75 Å². The van der Waals surface area contributed by atoms with E-state index >= 15 is 0 Å². The fraction of sp³-hybridized carbons (Fsp3) is 0.571. The van der Waals surface area contributed by atoms with E-state index < -0.39 is 0 Å². The van der Waals surface area contributed by atoms with Crippen molar-refractivity contribution < 1.29 is 14.2 Å². The van der Waals surface area contributed by atoms with Gasteiger partial charge in [-0.25, -0.2) is 0 Å². The highest BCUT2D eigenvalue weighted by atomic mass is 35.5. The van der Waals surface area contributed by atoms with Gasteiger partial charge < -0.3 is 14.2 Å². The largest absolute Gasteiger partial charge is 0.490 e. The minimum Gasteiger partial charge on any atom is -0.490 e. The topological polar surface area (TPSA) is 40.6 Å². The maximum Gasteiger partial charge on any atom is 0.158 e. The lowest BCUT2D eigenvalue weighted by molar-refractivity contribution is -0.189. The van der Waals surface area contributed by atoms with Gasteiger partial charge in [-0.3, -0.25) is 4.98 Å². The fourth-order valence-corrected chi connectivity index (χ4v) is 4.23. The van der Waals surface area contributed by atoms with Crippen LogP contribution in [0.25, 0.3) is 10.9 Å². The zero-order valence-corrected chi connectivity index (χ0v) is 18.0. The third-order valence-electron chi connectivity index (χ3n) is 4.17. The lowest BCUT2D eigenvalue weighted by atomic mass is 10.2. The first-order chi connectivity index (χ1) is 12.8. The third kappa shape index (κ3) is 5.98. The van der Waals surface area contributed by atoms with Crippen LogP contribution < -0.4 is 4.74 Å². The second-order valence-electron chi connectivity index (χ2n) is 7.88. The van der Waals surface area contributed by atoms with Gasteiger partial charge >= 0.3 is 0 Å². The van der Waals surface area contributed by atoms with Crippen LogP contribution in [0.1, 0.15) is 47.0 Å². The molecule has 1 aliphatic heterocycles. The number of aromatic nitrogens is 1. The molecule has 0 radical (unpaired) electrons. The summed E-state index contributed by atoms with van der Waals surface area (Å²) >= 11 is 8.13. The average molecular weight is 410 g/mol. The first-order valence-electron chi connectivity index (χ1n) is 9.49. The Kier molecular flexibility index (Phi) is 6.90. The van der Waals surface area contributed by atoms with Crippen LogP contribution in [0.2, 0.25) is 5.02 Å². The number of ether oxygens (including phenoxy) is 3. The number of halogens is 1. The fourth-order valence-electron chi connectivity index (χ4n) is 2.97. The summed E-state index contributed by atoms with van der Waals surface area (Å²) in [5.74, 6) is 0.817. The summed E-state index contributed by atoms with van der Waals surface area (Å²) in [6.07, 6.45) is 4.78. The van der Waals surface area contributed by atoms with Crippen molar-refractivity contribution in [2.45, 2.75) is 69.0 Å². The van der Waals surface area contributed by atoms with Crippen molar-refractivity contribution in [2.24, 2.45) is 0 Å². The minimum atomic E-state index is -0.113. The molecule has 0 saturated carbocycles. The quantitative estimate of drug-likeness (QED) is 0.540. The summed E-state index contributed by atoms with van der Waals surface area (Å²) in [4.78, 5) is 5.50. The zero-order valence-electron chi connectivity index (χ0n) is 16.5. The third-order valence-corrected chi connectivity index (χ3v) is 5.65. The van der Waals surface area contributed by atoms with E-state index in [4.69, 9.17) is 25.8 Å². The normalized spacial score (nSPS) is 19.2. The van der Waals surface area contributed by atoms with Crippen molar-refractivity contribution in [3.63, 3.8) is 0 Å². The Bertz CT molecular complexity index is 772. The molecule has 2 heterocycles. The summed E-state index contributed by atoms with van der Waals surface area (Å²) in [5, 5.41) is 1.65. The number of thioether (sulfide) groups is 1. The molecule has 0 bridgehead atoms. The summed E-state index contributed by atoms with van der Waals surface area (Å²) in [5.41, 5.74) is 0.833. The maximum atomic E-state index is 6.36. The van der Waals surface area contributed by atoms with Crippen molar-refractivity contribution >= 4 is 34.3 Å². The van der Waals surface area contributed by atoms with E-state index in [-0.39, 0.29) is 17.1 Å². The first kappa shape index (κ1) is 20.7. The van der Waals surface area contributed by atoms with Crippen LogP contribution in [0, 0.1) is 0 Å². The summed E-state index contributed by atoms with van der Waals surface area (Å²) < 4.78 is 17.8. The molecule has 27 heavy (non-hydrogen) atoms. The molecular weight excluding hydrogens is 382 g/mol. The summed E-state index contributed by atoms with van der Waals surface area (Å²) in [6.45, 7) is 9.81. The number of rotatable bonds is 6. The molecule has 0 spiro atoms. The van der Waals surface area contributed by atoms with Gasteiger partial charge in [-0.05, 0) is 38.3 Å². The van der Waals surface area contributed by atoms with Crippen LogP contribution in [-0.2, 0) is 9.47 Å². The first-order valence-corrected chi connectivity index (χ1v) is 10.7. The number of fused-ring (bicyclic) bond motifs is 1. The lowest BCUT2D eigenvalue weighted by Crippen LogP contribution is -2.29. The van der Waals surface area contributed by atoms with Gasteiger partial charge in [0.15, 0.2) is 6.29 Å². The molecule has 2 atom stereocenters. The molecule has 0 amide bonds. The van der Waals surface area contributed by atoms with Crippen LogP contribution >= 0.6 is 23.4 Å². The van der Waals surface area contributed by atoms with Crippen molar-refractivity contribution in [1.82, 2.24) is 4.98 Å². The number of benzene rings is 1. The van der Waals surface area contributed by atoms with E-state index in [0.717, 1.165) is 47.4 Å². The Morgan fingerprint density at radius 1 is 1.33 bits per heavy atom. The maximum absolute atomic E-state index is 6.36. The molecule has 1 aromatic heterocycles. The van der Waals surface area contributed by atoms with Crippen LogP contribution in [0.4, 0.5) is 0 Å². The van der Waals surface area contributed by atoms with Gasteiger partial charge in [-0.1, -0.05) is 32.4 Å². The van der Waals surface area contributed by atoms with Crippen LogP contribution in [0.3, 0.4) is 0 Å². The van der Waals surface area contributed by atoms with Gasteiger partial charge in [-0.15, -0.1) is 11.8 Å². The highest BCUT2D eigenvalue weighted by Gasteiger charge is 2.20. The SMILES string of the molecule is CC(COc1cc2nccc(Cl)c2cc1SC(C)(C)C)OC1CCCCO1. The molecule has 4 nitrogen and oxygen atoms in total. The Morgan fingerprint density at radius 2 is 2.15 bits per heavy atom. The van der Waals surface area contributed by atoms with Gasteiger partial charge in [0.1, 0.15) is 12.4 Å². The van der Waals surface area contributed by atoms with Gasteiger partial charge in [0.05, 0.1) is 21.5 Å². The van der Waals surface area contributed by atoms with Gasteiger partial charge in [0, 0.05) is 29.0 Å². The minimum absolute atomic E-state index is 0.0522. The second-order valence-corrected chi connectivity index (χ2v) is 10.2. The number of pyridine rings is 1. The Hall–Kier alpha value is -1.01. The molecule has 148 valence electrons. The molecular formula is C21H28ClNO3S. The lowest BCUT2D eigenvalue weighted by Gasteiger charge is -2.26. The Morgan fingerprint density at radius 3 is 2.85 bits per heavy atom. The number of hydrogen-bond acceptors (Lipinski definition) is 5. The predicted molar refractivity (Wildman–Crippen MR) is 112 cm³/mol. The highest BCUT2D eigenvalue weighted by Crippen LogP contribution is 2.41. The van der Waals surface area contributed by atoms with Crippen LogP contribution in [0.5, 0.6) is 5.75 Å². The van der Waals surface area contributed by atoms with Gasteiger partial charge in [0.25, 0.3) is 0 Å². The molecule has 3 rings (SSSR count). The van der Waals surface area contributed by atoms with Crippen molar-refractivity contribution in [2.75, 3.05) is 13.2 Å². The molecule has 6 heteroatoms. The summed E-state index contributed by atoms with van der Waals surface area (Å²) in [6, 6.07) is 5.86. The van der Waals surface area contributed by atoms with Crippen LogP contribution in [-0.4, -0.2) is 35.3 Å². The second kappa shape index (κ2) is 8.99. The van der Waals surface area contributed by atoms with Gasteiger partial charge in [0.2, 0.25) is 0 Å². The highest BCUT2D eigenvalue weighted by molar-refractivity contribution is 8.00. The molecule has 1 saturated heterocycles. The molecule has 1 fully saturated rings. The smallest absolute Gasteiger partial charge is 0.158 e. The molecule has 1 aromatic carbocycles.